The van der Waals surface area contributed by atoms with E-state index in [4.69, 9.17) is 18.0 Å². The van der Waals surface area contributed by atoms with Gasteiger partial charge in [0.2, 0.25) is 0 Å². The molecule has 0 aliphatic rings. The largest absolute Gasteiger partial charge is 0.389 e. The first-order valence-electron chi connectivity index (χ1n) is 5.97. The molecule has 0 atom stereocenters. The van der Waals surface area contributed by atoms with Gasteiger partial charge >= 0.3 is 0 Å². The predicted octanol–water partition coefficient (Wildman–Crippen LogP) is 2.51. The average molecular weight is 251 g/mol. The molecule has 0 aliphatic heterocycles. The van der Waals surface area contributed by atoms with Gasteiger partial charge in [0.05, 0.1) is 0 Å². The molecule has 0 saturated heterocycles. The molecule has 3 nitrogen and oxygen atoms in total. The van der Waals surface area contributed by atoms with Gasteiger partial charge in [-0.15, -0.1) is 0 Å². The van der Waals surface area contributed by atoms with E-state index in [1.165, 1.54) is 0 Å². The first-order chi connectivity index (χ1) is 7.93. The number of nitrogens with two attached hydrogens (primary N) is 1. The van der Waals surface area contributed by atoms with E-state index in [1.807, 2.05) is 19.1 Å². The molecule has 94 valence electrons. The third-order valence-electron chi connectivity index (χ3n) is 2.52. The molecule has 0 aromatic carbocycles. The van der Waals surface area contributed by atoms with Crippen LogP contribution >= 0.6 is 12.2 Å². The zero-order valence-corrected chi connectivity index (χ0v) is 11.8. The second-order valence-electron chi connectivity index (χ2n) is 4.65. The summed E-state index contributed by atoms with van der Waals surface area (Å²) in [5.41, 5.74) is 7.52. The van der Waals surface area contributed by atoms with Crippen molar-refractivity contribution in [3.63, 3.8) is 0 Å². The summed E-state index contributed by atoms with van der Waals surface area (Å²) in [6.45, 7) is 10.4. The molecule has 0 radical (unpaired) electrons. The molecule has 1 heterocycles. The quantitative estimate of drug-likeness (QED) is 0.817. The van der Waals surface area contributed by atoms with E-state index >= 15 is 0 Å². The molecule has 1 rings (SSSR count). The maximum absolute atomic E-state index is 5.68. The Balaban J connectivity index is 3.06. The summed E-state index contributed by atoms with van der Waals surface area (Å²) in [5.74, 6) is 1.56. The van der Waals surface area contributed by atoms with Crippen LogP contribution in [-0.2, 0) is 0 Å². The van der Waals surface area contributed by atoms with Crippen LogP contribution in [0.1, 0.15) is 32.0 Å². The topological polar surface area (TPSA) is 42.1 Å². The minimum atomic E-state index is 0.428. The van der Waals surface area contributed by atoms with Gasteiger partial charge in [-0.25, -0.2) is 4.98 Å². The van der Waals surface area contributed by atoms with Gasteiger partial charge in [0, 0.05) is 24.3 Å². The summed E-state index contributed by atoms with van der Waals surface area (Å²) in [6, 6.07) is 3.90. The number of thiocarbonyl (C=S) groups is 1. The standard InChI is InChI=1S/C13H21N3S/c1-5-16(8-9(2)3)12-7-11(13(14)17)6-10(4)15-12/h6-7,9H,5,8H2,1-4H3,(H2,14,17). The van der Waals surface area contributed by atoms with E-state index in [2.05, 4.69) is 30.7 Å². The van der Waals surface area contributed by atoms with Crippen molar-refractivity contribution < 1.29 is 0 Å². The highest BCUT2D eigenvalue weighted by atomic mass is 32.1. The summed E-state index contributed by atoms with van der Waals surface area (Å²) in [7, 11) is 0. The lowest BCUT2D eigenvalue weighted by molar-refractivity contribution is 0.614. The van der Waals surface area contributed by atoms with Gasteiger partial charge < -0.3 is 10.6 Å². The van der Waals surface area contributed by atoms with Gasteiger partial charge in [-0.3, -0.25) is 0 Å². The van der Waals surface area contributed by atoms with E-state index in [0.717, 1.165) is 30.2 Å². The zero-order valence-electron chi connectivity index (χ0n) is 11.0. The van der Waals surface area contributed by atoms with Crippen LogP contribution < -0.4 is 10.6 Å². The summed E-state index contributed by atoms with van der Waals surface area (Å²) in [4.78, 5) is 7.23. The predicted molar refractivity (Wildman–Crippen MR) is 77.6 cm³/mol. The number of rotatable bonds is 5. The van der Waals surface area contributed by atoms with Gasteiger partial charge in [-0.05, 0) is 31.9 Å². The highest BCUT2D eigenvalue weighted by Crippen LogP contribution is 2.16. The second kappa shape index (κ2) is 5.96. The van der Waals surface area contributed by atoms with Gasteiger partial charge in [0.1, 0.15) is 10.8 Å². The van der Waals surface area contributed by atoms with Crippen LogP contribution in [0.4, 0.5) is 5.82 Å². The fourth-order valence-electron chi connectivity index (χ4n) is 1.78. The third kappa shape index (κ3) is 3.97. The molecular formula is C13H21N3S. The molecule has 0 spiro atoms. The van der Waals surface area contributed by atoms with Crippen LogP contribution in [0.15, 0.2) is 12.1 Å². The molecule has 17 heavy (non-hydrogen) atoms. The molecule has 0 saturated carbocycles. The Kier molecular flexibility index (Phi) is 4.87. The van der Waals surface area contributed by atoms with Crippen molar-refractivity contribution in [2.75, 3.05) is 18.0 Å². The molecular weight excluding hydrogens is 230 g/mol. The Bertz CT molecular complexity index is 402. The van der Waals surface area contributed by atoms with Gasteiger partial charge in [-0.2, -0.15) is 0 Å². The van der Waals surface area contributed by atoms with E-state index in [0.29, 0.717) is 10.9 Å². The van der Waals surface area contributed by atoms with Crippen molar-refractivity contribution in [3.05, 3.63) is 23.4 Å². The number of aryl methyl sites for hydroxylation is 1. The number of hydrogen-bond acceptors (Lipinski definition) is 3. The van der Waals surface area contributed by atoms with Crippen LogP contribution in [0.5, 0.6) is 0 Å². The SMILES string of the molecule is CCN(CC(C)C)c1cc(C(N)=S)cc(C)n1. The van der Waals surface area contributed by atoms with Crippen molar-refractivity contribution in [3.8, 4) is 0 Å². The minimum Gasteiger partial charge on any atom is -0.389 e. The normalized spacial score (nSPS) is 10.6. The first kappa shape index (κ1) is 13.9. The summed E-state index contributed by atoms with van der Waals surface area (Å²) < 4.78 is 0. The van der Waals surface area contributed by atoms with E-state index in [-0.39, 0.29) is 0 Å². The maximum Gasteiger partial charge on any atom is 0.129 e. The molecule has 0 amide bonds. The highest BCUT2D eigenvalue weighted by molar-refractivity contribution is 7.80. The van der Waals surface area contributed by atoms with E-state index < -0.39 is 0 Å². The van der Waals surface area contributed by atoms with E-state index in [1.54, 1.807) is 0 Å². The molecule has 1 aromatic heterocycles. The summed E-state index contributed by atoms with van der Waals surface area (Å²) >= 11 is 5.02. The van der Waals surface area contributed by atoms with Crippen LogP contribution in [0, 0.1) is 12.8 Å². The Labute approximate surface area is 109 Å². The Morgan fingerprint density at radius 3 is 2.59 bits per heavy atom. The van der Waals surface area contributed by atoms with Crippen LogP contribution in [-0.4, -0.2) is 23.1 Å². The minimum absolute atomic E-state index is 0.428. The van der Waals surface area contributed by atoms with Crippen molar-refractivity contribution >= 4 is 23.0 Å². The molecule has 1 aromatic rings. The first-order valence-corrected chi connectivity index (χ1v) is 6.38. The second-order valence-corrected chi connectivity index (χ2v) is 5.09. The average Bonchev–Trinajstić information content (AvgIpc) is 2.24. The lowest BCUT2D eigenvalue weighted by Gasteiger charge is -2.24. The highest BCUT2D eigenvalue weighted by Gasteiger charge is 2.10. The summed E-state index contributed by atoms with van der Waals surface area (Å²) in [5, 5.41) is 0. The van der Waals surface area contributed by atoms with Gasteiger partial charge in [0.15, 0.2) is 0 Å². The summed E-state index contributed by atoms with van der Waals surface area (Å²) in [6.07, 6.45) is 0. The lowest BCUT2D eigenvalue weighted by atomic mass is 10.2. The molecule has 0 aliphatic carbocycles. The Morgan fingerprint density at radius 2 is 2.12 bits per heavy atom. The fourth-order valence-corrected chi connectivity index (χ4v) is 1.90. The third-order valence-corrected chi connectivity index (χ3v) is 2.75. The number of anilines is 1. The smallest absolute Gasteiger partial charge is 0.129 e. The van der Waals surface area contributed by atoms with Crippen molar-refractivity contribution in [1.82, 2.24) is 4.98 Å². The number of hydrogen-bond donors (Lipinski definition) is 1. The van der Waals surface area contributed by atoms with E-state index in [9.17, 15) is 0 Å². The monoisotopic (exact) mass is 251 g/mol. The number of aromatic nitrogens is 1. The zero-order chi connectivity index (χ0) is 13.0. The fraction of sp³-hybridized carbons (Fsp3) is 0.538. The number of nitrogens with zero attached hydrogens (tertiary/aromatic N) is 2. The van der Waals surface area contributed by atoms with Gasteiger partial charge in [0.25, 0.3) is 0 Å². The van der Waals surface area contributed by atoms with Crippen LogP contribution in [0.2, 0.25) is 0 Å². The maximum atomic E-state index is 5.68. The Hall–Kier alpha value is -1.16. The molecule has 4 heteroatoms. The molecule has 2 N–H and O–H groups in total. The molecule has 0 bridgehead atoms. The van der Waals surface area contributed by atoms with Crippen molar-refractivity contribution in [1.29, 1.82) is 0 Å². The van der Waals surface area contributed by atoms with Gasteiger partial charge in [-0.1, -0.05) is 26.1 Å². The van der Waals surface area contributed by atoms with Crippen LogP contribution in [0.25, 0.3) is 0 Å². The van der Waals surface area contributed by atoms with Crippen molar-refractivity contribution in [2.24, 2.45) is 11.7 Å². The van der Waals surface area contributed by atoms with Crippen molar-refractivity contribution in [2.45, 2.75) is 27.7 Å². The number of pyridine rings is 1. The molecule has 0 fully saturated rings. The lowest BCUT2D eigenvalue weighted by Crippen LogP contribution is -2.28. The molecule has 0 unspecified atom stereocenters. The van der Waals surface area contributed by atoms with Crippen LogP contribution in [0.3, 0.4) is 0 Å². The Morgan fingerprint density at radius 1 is 1.47 bits per heavy atom.